The molecular formula is C93H141O3P. The van der Waals surface area contributed by atoms with Crippen molar-refractivity contribution < 1.29 is 13.6 Å². The lowest BCUT2D eigenvalue weighted by atomic mass is 9.70. The standard InChI is InChI=1S/C93H141O3P/c1-31-34-37-40-43-70(10)91(79-52-46-73(58-64(79)4)85(13,14)15,80-53-47-74(59-65(80)5)86(16,17)18)94-97(95-92(71(11)44-41-38-35-32-2,81-54-48-75(60-66(81)6)87(19,20)21)82-55-49-76(61-67(82)7)88(22,23)24)96-93(72(12)45-42-39-36-33-3,83-56-50-77(62-68(83)8)89(25,26)27)84-57-51-78(63-69(84)9)90(28,29)30/h46-63,70-72H,31-45H2,1-30H3. The van der Waals surface area contributed by atoms with Gasteiger partial charge in [0.15, 0.2) is 0 Å². The van der Waals surface area contributed by atoms with Crippen LogP contribution >= 0.6 is 8.60 Å². The van der Waals surface area contributed by atoms with Gasteiger partial charge in [-0.25, -0.2) is 0 Å². The highest BCUT2D eigenvalue weighted by Gasteiger charge is 2.55. The van der Waals surface area contributed by atoms with Crippen molar-refractivity contribution in [1.82, 2.24) is 0 Å². The van der Waals surface area contributed by atoms with Gasteiger partial charge in [0.1, 0.15) is 16.8 Å². The van der Waals surface area contributed by atoms with Crippen LogP contribution < -0.4 is 0 Å². The first-order valence-corrected chi connectivity index (χ1v) is 39.6. The summed E-state index contributed by atoms with van der Waals surface area (Å²) in [4.78, 5) is 0. The highest BCUT2D eigenvalue weighted by Crippen LogP contribution is 2.66. The zero-order chi connectivity index (χ0) is 72.7. The second-order valence-corrected chi connectivity index (χ2v) is 37.6. The summed E-state index contributed by atoms with van der Waals surface area (Å²) >= 11 is 0. The molecule has 6 aromatic carbocycles. The van der Waals surface area contributed by atoms with Crippen molar-refractivity contribution in [3.8, 4) is 0 Å². The molecule has 0 aliphatic rings. The lowest BCUT2D eigenvalue weighted by Gasteiger charge is -2.50. The summed E-state index contributed by atoms with van der Waals surface area (Å²) in [6, 6.07) is 44.1. The molecule has 0 saturated carbocycles. The number of hydrogen-bond acceptors (Lipinski definition) is 3. The SMILES string of the molecule is CCCCCCC(C)C(OP(OC(c1ccc(C(C)(C)C)cc1C)(c1ccc(C(C)(C)C)cc1C)C(C)CCCCCC)OC(c1ccc(C(C)(C)C)cc1C)(c1ccc(C(C)(C)C)cc1C)C(C)CCCCCC)(c1ccc(C(C)(C)C)cc1C)c1ccc(C(C)(C)C)cc1C. The molecule has 0 aliphatic carbocycles. The lowest BCUT2D eigenvalue weighted by molar-refractivity contribution is -0.0628. The Morgan fingerprint density at radius 3 is 0.557 bits per heavy atom. The number of aryl methyl sites for hydroxylation is 6. The highest BCUT2D eigenvalue weighted by molar-refractivity contribution is 7.41. The lowest BCUT2D eigenvalue weighted by Crippen LogP contribution is -2.45. The molecule has 536 valence electrons. The van der Waals surface area contributed by atoms with Gasteiger partial charge in [-0.3, -0.25) is 13.6 Å². The second kappa shape index (κ2) is 32.7. The molecule has 0 amide bonds. The van der Waals surface area contributed by atoms with Crippen molar-refractivity contribution in [3.05, 3.63) is 209 Å². The van der Waals surface area contributed by atoms with Gasteiger partial charge in [0.2, 0.25) is 0 Å². The summed E-state index contributed by atoms with van der Waals surface area (Å²) < 4.78 is 27.7. The Morgan fingerprint density at radius 1 is 0.258 bits per heavy atom. The molecule has 6 rings (SSSR count). The molecule has 0 aliphatic heterocycles. The number of benzene rings is 6. The summed E-state index contributed by atoms with van der Waals surface area (Å²) in [6.07, 6.45) is 16.6. The van der Waals surface area contributed by atoms with E-state index in [4.69, 9.17) is 0 Å². The predicted molar refractivity (Wildman–Crippen MR) is 426 cm³/mol. The zero-order valence-corrected chi connectivity index (χ0v) is 68.8. The van der Waals surface area contributed by atoms with Gasteiger partial charge in [0, 0.05) is 0 Å². The van der Waals surface area contributed by atoms with Crippen LogP contribution in [-0.2, 0) is 62.9 Å². The fourth-order valence-corrected chi connectivity index (χ4v) is 17.5. The number of hydrogen-bond donors (Lipinski definition) is 0. The van der Waals surface area contributed by atoms with E-state index in [0.717, 1.165) is 57.8 Å². The van der Waals surface area contributed by atoms with Crippen molar-refractivity contribution in [2.45, 2.75) is 353 Å². The fraction of sp³-hybridized carbons (Fsp3) is 0.613. The Bertz CT molecular complexity index is 2950. The molecule has 97 heavy (non-hydrogen) atoms. The minimum atomic E-state index is -2.48. The monoisotopic (exact) mass is 1340 g/mol. The molecular weight excluding hydrogens is 1200 g/mol. The first-order chi connectivity index (χ1) is 45.0. The highest BCUT2D eigenvalue weighted by atomic mass is 31.2. The maximum Gasteiger partial charge on any atom is 0.336 e. The minimum absolute atomic E-state index is 0.0390. The van der Waals surface area contributed by atoms with Crippen LogP contribution in [0.1, 0.15) is 363 Å². The quantitative estimate of drug-likeness (QED) is 0.0332. The second-order valence-electron chi connectivity index (χ2n) is 36.6. The van der Waals surface area contributed by atoms with E-state index < -0.39 is 25.4 Å². The molecule has 6 aromatic rings. The van der Waals surface area contributed by atoms with Gasteiger partial charge in [-0.1, -0.05) is 352 Å². The van der Waals surface area contributed by atoms with Gasteiger partial charge < -0.3 is 0 Å². The Kier molecular flexibility index (Phi) is 27.5. The van der Waals surface area contributed by atoms with Crippen LogP contribution in [0.2, 0.25) is 0 Å². The van der Waals surface area contributed by atoms with Crippen LogP contribution in [0.25, 0.3) is 0 Å². The van der Waals surface area contributed by atoms with Crippen molar-refractivity contribution >= 4 is 8.60 Å². The molecule has 3 nitrogen and oxygen atoms in total. The first-order valence-electron chi connectivity index (χ1n) is 38.5. The summed E-state index contributed by atoms with van der Waals surface area (Å²) in [5, 5.41) is 0. The van der Waals surface area contributed by atoms with Gasteiger partial charge in [0.25, 0.3) is 0 Å². The topological polar surface area (TPSA) is 27.7 Å². The Labute approximate surface area is 599 Å². The normalized spacial score (nSPS) is 14.7. The summed E-state index contributed by atoms with van der Waals surface area (Å²) in [5.41, 5.74) is 18.5. The van der Waals surface area contributed by atoms with Crippen LogP contribution in [0, 0.1) is 59.3 Å². The molecule has 0 N–H and O–H groups in total. The van der Waals surface area contributed by atoms with E-state index in [0.29, 0.717) is 0 Å². The molecule has 0 heterocycles. The van der Waals surface area contributed by atoms with E-state index in [1.165, 1.54) is 139 Å². The molecule has 0 bridgehead atoms. The van der Waals surface area contributed by atoms with Crippen LogP contribution in [0.3, 0.4) is 0 Å². The van der Waals surface area contributed by atoms with Crippen molar-refractivity contribution in [2.24, 2.45) is 17.8 Å². The van der Waals surface area contributed by atoms with Crippen LogP contribution in [0.5, 0.6) is 0 Å². The molecule has 0 spiro atoms. The predicted octanol–water partition coefficient (Wildman–Crippen LogP) is 28.5. The van der Waals surface area contributed by atoms with Gasteiger partial charge >= 0.3 is 8.60 Å². The Hall–Kier alpha value is -4.37. The number of unbranched alkanes of at least 4 members (excludes halogenated alkanes) is 9. The molecule has 3 unspecified atom stereocenters. The van der Waals surface area contributed by atoms with E-state index in [-0.39, 0.29) is 50.2 Å². The van der Waals surface area contributed by atoms with Gasteiger partial charge in [-0.05, 0) is 211 Å². The maximum atomic E-state index is 9.22. The molecule has 4 heteroatoms. The van der Waals surface area contributed by atoms with Gasteiger partial charge in [-0.2, -0.15) is 0 Å². The third-order valence-corrected chi connectivity index (χ3v) is 23.5. The molecule has 0 saturated heterocycles. The average Bonchev–Trinajstić information content (AvgIpc) is 0.727. The van der Waals surface area contributed by atoms with Crippen molar-refractivity contribution in [3.63, 3.8) is 0 Å². The molecule has 0 aromatic heterocycles. The van der Waals surface area contributed by atoms with E-state index in [1.54, 1.807) is 0 Å². The number of rotatable bonds is 30. The van der Waals surface area contributed by atoms with E-state index in [9.17, 15) is 13.6 Å². The summed E-state index contributed by atoms with van der Waals surface area (Å²) in [5.74, 6) is -0.117. The van der Waals surface area contributed by atoms with E-state index >= 15 is 0 Å². The van der Waals surface area contributed by atoms with E-state index in [2.05, 4.69) is 317 Å². The van der Waals surface area contributed by atoms with Gasteiger partial charge in [-0.15, -0.1) is 0 Å². The smallest absolute Gasteiger partial charge is 0.295 e. The maximum absolute atomic E-state index is 9.22. The van der Waals surface area contributed by atoms with Crippen molar-refractivity contribution in [2.75, 3.05) is 0 Å². The van der Waals surface area contributed by atoms with Crippen LogP contribution in [0.15, 0.2) is 109 Å². The Morgan fingerprint density at radius 2 is 0.423 bits per heavy atom. The fourth-order valence-electron chi connectivity index (χ4n) is 15.5. The summed E-state index contributed by atoms with van der Waals surface area (Å²) in [7, 11) is -2.48. The first kappa shape index (κ1) is 81.6. The van der Waals surface area contributed by atoms with Crippen LogP contribution in [-0.4, -0.2) is 0 Å². The molecule has 3 atom stereocenters. The van der Waals surface area contributed by atoms with Crippen molar-refractivity contribution in [1.29, 1.82) is 0 Å². The third-order valence-electron chi connectivity index (χ3n) is 22.2. The third kappa shape index (κ3) is 19.0. The van der Waals surface area contributed by atoms with E-state index in [1.807, 2.05) is 0 Å². The van der Waals surface area contributed by atoms with Gasteiger partial charge in [0.05, 0.1) is 0 Å². The van der Waals surface area contributed by atoms with Crippen LogP contribution in [0.4, 0.5) is 0 Å². The largest absolute Gasteiger partial charge is 0.336 e. The summed E-state index contributed by atoms with van der Waals surface area (Å²) in [6.45, 7) is 71.0. The molecule has 0 fully saturated rings. The zero-order valence-electron chi connectivity index (χ0n) is 67.9. The average molecular weight is 1340 g/mol. The molecule has 0 radical (unpaired) electrons. The minimum Gasteiger partial charge on any atom is -0.295 e. The Balaban J connectivity index is 2.02.